The van der Waals surface area contributed by atoms with Crippen LogP contribution in [0.2, 0.25) is 6.04 Å². The summed E-state index contributed by atoms with van der Waals surface area (Å²) < 4.78 is 10.9. The summed E-state index contributed by atoms with van der Waals surface area (Å²) in [5, 5.41) is 0. The molecule has 0 rings (SSSR count). The van der Waals surface area contributed by atoms with E-state index < -0.39 is 8.56 Å². The Morgan fingerprint density at radius 3 is 2.00 bits per heavy atom. The van der Waals surface area contributed by atoms with Gasteiger partial charge in [-0.25, -0.2) is 0 Å². The third-order valence-corrected chi connectivity index (χ3v) is 6.41. The van der Waals surface area contributed by atoms with Crippen molar-refractivity contribution in [1.29, 1.82) is 0 Å². The van der Waals surface area contributed by atoms with Crippen LogP contribution in [-0.2, 0) is 8.85 Å². The first kappa shape index (κ1) is 12.1. The maximum Gasteiger partial charge on any atom is 0.354 e. The first-order chi connectivity index (χ1) is 5.66. The summed E-state index contributed by atoms with van der Waals surface area (Å²) in [6, 6.07) is 0.981. The molecule has 0 amide bonds. The zero-order valence-corrected chi connectivity index (χ0v) is 9.59. The quantitative estimate of drug-likeness (QED) is 0.646. The van der Waals surface area contributed by atoms with E-state index in [1.54, 1.807) is 14.2 Å². The van der Waals surface area contributed by atoms with E-state index in [-0.39, 0.29) is 5.67 Å². The first-order valence-corrected chi connectivity index (χ1v) is 6.62. The Bertz CT molecular complexity index is 118. The second-order valence-electron chi connectivity index (χ2n) is 2.98. The lowest BCUT2D eigenvalue weighted by Crippen LogP contribution is -2.56. The van der Waals surface area contributed by atoms with E-state index >= 15 is 0 Å². The fourth-order valence-electron chi connectivity index (χ4n) is 1.44. The lowest BCUT2D eigenvalue weighted by molar-refractivity contribution is 0.228. The largest absolute Gasteiger partial charge is 0.397 e. The van der Waals surface area contributed by atoms with Gasteiger partial charge in [-0.2, -0.15) is 0 Å². The van der Waals surface area contributed by atoms with Crippen molar-refractivity contribution in [3.8, 4) is 0 Å². The molecule has 2 N–H and O–H groups in total. The maximum absolute atomic E-state index is 5.97. The van der Waals surface area contributed by atoms with Crippen LogP contribution in [0.25, 0.3) is 0 Å². The van der Waals surface area contributed by atoms with Crippen LogP contribution >= 0.6 is 0 Å². The number of nitrogens with two attached hydrogens (primary N) is 1. The summed E-state index contributed by atoms with van der Waals surface area (Å²) in [4.78, 5) is 0. The molecule has 0 aliphatic rings. The molecule has 1 unspecified atom stereocenters. The second kappa shape index (κ2) is 5.69. The van der Waals surface area contributed by atoms with E-state index in [9.17, 15) is 0 Å². The zero-order chi connectivity index (χ0) is 9.61. The molecular formula is C8H21NO2Si. The van der Waals surface area contributed by atoms with Crippen LogP contribution in [0.1, 0.15) is 26.7 Å². The minimum atomic E-state index is -2.07. The Labute approximate surface area is 76.5 Å². The molecule has 0 aromatic rings. The van der Waals surface area contributed by atoms with Crippen LogP contribution in [0.5, 0.6) is 0 Å². The van der Waals surface area contributed by atoms with Crippen LogP contribution in [0.15, 0.2) is 0 Å². The van der Waals surface area contributed by atoms with Crippen molar-refractivity contribution in [2.45, 2.75) is 38.4 Å². The molecule has 0 aromatic carbocycles. The maximum atomic E-state index is 5.97. The van der Waals surface area contributed by atoms with Gasteiger partial charge in [-0.15, -0.1) is 0 Å². The highest BCUT2D eigenvalue weighted by molar-refractivity contribution is 6.69. The van der Waals surface area contributed by atoms with Gasteiger partial charge in [0.15, 0.2) is 0 Å². The van der Waals surface area contributed by atoms with Crippen molar-refractivity contribution in [2.24, 2.45) is 5.73 Å². The molecular weight excluding hydrogens is 170 g/mol. The molecule has 1 atom stereocenters. The number of hydrogen-bond donors (Lipinski definition) is 1. The molecule has 0 bridgehead atoms. The Hall–Kier alpha value is 0.0969. The smallest absolute Gasteiger partial charge is 0.354 e. The topological polar surface area (TPSA) is 44.5 Å². The monoisotopic (exact) mass is 191 g/mol. The Kier molecular flexibility index (Phi) is 5.74. The molecule has 0 radical (unpaired) electrons. The highest BCUT2D eigenvalue weighted by Crippen LogP contribution is 2.18. The molecule has 74 valence electrons. The molecule has 12 heavy (non-hydrogen) atoms. The van der Waals surface area contributed by atoms with Gasteiger partial charge in [-0.3, -0.25) is 0 Å². The normalized spacial score (nSPS) is 14.8. The fraction of sp³-hybridized carbons (Fsp3) is 1.00. The van der Waals surface area contributed by atoms with Crippen molar-refractivity contribution in [1.82, 2.24) is 0 Å². The van der Waals surface area contributed by atoms with Gasteiger partial charge in [0.2, 0.25) is 0 Å². The lowest BCUT2D eigenvalue weighted by Gasteiger charge is -2.31. The minimum absolute atomic E-state index is 0.0902. The molecule has 0 saturated heterocycles. The van der Waals surface area contributed by atoms with Gasteiger partial charge in [-0.05, 0) is 12.5 Å². The highest BCUT2D eigenvalue weighted by atomic mass is 28.4. The zero-order valence-electron chi connectivity index (χ0n) is 8.59. The Balaban J connectivity index is 4.33. The van der Waals surface area contributed by atoms with Crippen molar-refractivity contribution < 1.29 is 8.85 Å². The standard InChI is InChI=1S/C8H21NO2Si/c1-5-7-12(10-3,11-4)8(9)6-2/h8H,5-7,9H2,1-4H3. The molecule has 0 aliphatic heterocycles. The van der Waals surface area contributed by atoms with E-state index in [1.807, 2.05) is 0 Å². The van der Waals surface area contributed by atoms with Gasteiger partial charge < -0.3 is 14.6 Å². The van der Waals surface area contributed by atoms with Crippen molar-refractivity contribution >= 4 is 8.56 Å². The van der Waals surface area contributed by atoms with Crippen LogP contribution in [-0.4, -0.2) is 28.4 Å². The van der Waals surface area contributed by atoms with Crippen LogP contribution in [0.4, 0.5) is 0 Å². The van der Waals surface area contributed by atoms with Crippen LogP contribution in [0.3, 0.4) is 0 Å². The van der Waals surface area contributed by atoms with E-state index in [4.69, 9.17) is 14.6 Å². The summed E-state index contributed by atoms with van der Waals surface area (Å²) in [6.07, 6.45) is 2.00. The van der Waals surface area contributed by atoms with E-state index in [2.05, 4.69) is 13.8 Å². The third kappa shape index (κ3) is 2.55. The van der Waals surface area contributed by atoms with E-state index in [1.165, 1.54) is 0 Å². The van der Waals surface area contributed by atoms with Crippen LogP contribution in [0, 0.1) is 0 Å². The Morgan fingerprint density at radius 2 is 1.75 bits per heavy atom. The van der Waals surface area contributed by atoms with Gasteiger partial charge >= 0.3 is 8.56 Å². The third-order valence-electron chi connectivity index (χ3n) is 2.29. The molecule has 4 heteroatoms. The highest BCUT2D eigenvalue weighted by Gasteiger charge is 2.40. The molecule has 0 heterocycles. The number of hydrogen-bond acceptors (Lipinski definition) is 3. The van der Waals surface area contributed by atoms with Gasteiger partial charge in [0.25, 0.3) is 0 Å². The number of rotatable bonds is 6. The average Bonchev–Trinajstić information content (AvgIpc) is 2.13. The first-order valence-electron chi connectivity index (χ1n) is 4.52. The van der Waals surface area contributed by atoms with Crippen molar-refractivity contribution in [3.63, 3.8) is 0 Å². The van der Waals surface area contributed by atoms with Gasteiger partial charge in [0.05, 0.1) is 0 Å². The minimum Gasteiger partial charge on any atom is -0.397 e. The van der Waals surface area contributed by atoms with Crippen molar-refractivity contribution in [3.05, 3.63) is 0 Å². The molecule has 0 spiro atoms. The summed E-state index contributed by atoms with van der Waals surface area (Å²) in [6.45, 7) is 4.20. The SMILES string of the molecule is CCC[Si](OC)(OC)C(N)CC. The lowest BCUT2D eigenvalue weighted by atomic mass is 10.5. The fourth-order valence-corrected chi connectivity index (χ4v) is 4.31. The van der Waals surface area contributed by atoms with E-state index in [0.717, 1.165) is 18.9 Å². The molecule has 0 saturated carbocycles. The summed E-state index contributed by atoms with van der Waals surface area (Å²) in [7, 11) is 1.35. The molecule has 3 nitrogen and oxygen atoms in total. The van der Waals surface area contributed by atoms with Crippen molar-refractivity contribution in [2.75, 3.05) is 14.2 Å². The summed E-state index contributed by atoms with van der Waals surface area (Å²) >= 11 is 0. The summed E-state index contributed by atoms with van der Waals surface area (Å²) in [5.74, 6) is 0. The predicted molar refractivity (Wildman–Crippen MR) is 53.1 cm³/mol. The second-order valence-corrected chi connectivity index (χ2v) is 6.67. The predicted octanol–water partition coefficient (Wildman–Crippen LogP) is 1.41. The van der Waals surface area contributed by atoms with Gasteiger partial charge in [-0.1, -0.05) is 20.3 Å². The van der Waals surface area contributed by atoms with E-state index in [0.29, 0.717) is 0 Å². The Morgan fingerprint density at radius 1 is 1.25 bits per heavy atom. The average molecular weight is 191 g/mol. The summed E-state index contributed by atoms with van der Waals surface area (Å²) in [5.41, 5.74) is 6.06. The van der Waals surface area contributed by atoms with Gasteiger partial charge in [0.1, 0.15) is 0 Å². The van der Waals surface area contributed by atoms with Crippen LogP contribution < -0.4 is 5.73 Å². The molecule has 0 aromatic heterocycles. The van der Waals surface area contributed by atoms with Gasteiger partial charge in [0, 0.05) is 19.9 Å². The molecule has 0 aliphatic carbocycles. The molecule has 0 fully saturated rings.